The molecule has 1 aliphatic carbocycles. The second kappa shape index (κ2) is 6.40. The maximum absolute atomic E-state index is 11.7. The van der Waals surface area contributed by atoms with E-state index in [9.17, 15) is 4.79 Å². The van der Waals surface area contributed by atoms with Gasteiger partial charge in [-0.15, -0.1) is 0 Å². The number of para-hydroxylation sites is 1. The van der Waals surface area contributed by atoms with Gasteiger partial charge in [-0.3, -0.25) is 0 Å². The van der Waals surface area contributed by atoms with Crippen LogP contribution in [0.4, 0.5) is 4.79 Å². The van der Waals surface area contributed by atoms with Crippen LogP contribution >= 0.6 is 0 Å². The summed E-state index contributed by atoms with van der Waals surface area (Å²) in [5.74, 6) is 1.01. The minimum Gasteiger partial charge on any atom is -0.488 e. The second-order valence-electron chi connectivity index (χ2n) is 7.47. The third-order valence-corrected chi connectivity index (χ3v) is 4.21. The Labute approximate surface area is 137 Å². The van der Waals surface area contributed by atoms with E-state index in [0.29, 0.717) is 6.04 Å². The highest BCUT2D eigenvalue weighted by molar-refractivity contribution is 5.68. The van der Waals surface area contributed by atoms with Crippen LogP contribution in [-0.4, -0.2) is 36.4 Å². The third-order valence-electron chi connectivity index (χ3n) is 4.21. The van der Waals surface area contributed by atoms with Crippen molar-refractivity contribution in [3.8, 4) is 5.75 Å². The van der Waals surface area contributed by atoms with Gasteiger partial charge in [-0.1, -0.05) is 18.2 Å². The van der Waals surface area contributed by atoms with E-state index in [1.807, 2.05) is 32.9 Å². The Morgan fingerprint density at radius 3 is 2.70 bits per heavy atom. The molecule has 1 saturated carbocycles. The van der Waals surface area contributed by atoms with Gasteiger partial charge in [0.2, 0.25) is 0 Å². The Morgan fingerprint density at radius 1 is 1.26 bits per heavy atom. The van der Waals surface area contributed by atoms with Crippen molar-refractivity contribution in [2.45, 2.75) is 63.8 Å². The number of hydrogen-bond acceptors (Lipinski definition) is 4. The van der Waals surface area contributed by atoms with Gasteiger partial charge in [0.25, 0.3) is 0 Å². The fourth-order valence-corrected chi connectivity index (χ4v) is 3.04. The van der Waals surface area contributed by atoms with Gasteiger partial charge in [0, 0.05) is 25.0 Å². The summed E-state index contributed by atoms with van der Waals surface area (Å²) in [7, 11) is 0. The molecule has 5 nitrogen and oxygen atoms in total. The largest absolute Gasteiger partial charge is 0.488 e. The summed E-state index contributed by atoms with van der Waals surface area (Å²) in [6.07, 6.45) is 2.74. The number of ether oxygens (including phenoxy) is 2. The van der Waals surface area contributed by atoms with Crippen LogP contribution in [-0.2, 0) is 11.2 Å². The molecule has 1 aromatic carbocycles. The lowest BCUT2D eigenvalue weighted by molar-refractivity contribution is 0.0463. The van der Waals surface area contributed by atoms with Crippen molar-refractivity contribution in [2.24, 2.45) is 0 Å². The zero-order valence-corrected chi connectivity index (χ0v) is 14.1. The summed E-state index contributed by atoms with van der Waals surface area (Å²) in [4.78, 5) is 11.7. The third kappa shape index (κ3) is 4.38. The average molecular weight is 318 g/mol. The fraction of sp³-hybridized carbons (Fsp3) is 0.611. The Hall–Kier alpha value is -1.75. The Kier molecular flexibility index (Phi) is 4.48. The van der Waals surface area contributed by atoms with E-state index < -0.39 is 5.60 Å². The van der Waals surface area contributed by atoms with Gasteiger partial charge < -0.3 is 20.1 Å². The van der Waals surface area contributed by atoms with Gasteiger partial charge in [-0.05, 0) is 45.2 Å². The van der Waals surface area contributed by atoms with Gasteiger partial charge >= 0.3 is 6.09 Å². The van der Waals surface area contributed by atoms with Crippen LogP contribution in [0.2, 0.25) is 0 Å². The Balaban J connectivity index is 1.32. The molecule has 2 N–H and O–H groups in total. The van der Waals surface area contributed by atoms with E-state index in [4.69, 9.17) is 9.47 Å². The topological polar surface area (TPSA) is 59.6 Å². The van der Waals surface area contributed by atoms with E-state index in [2.05, 4.69) is 22.8 Å². The van der Waals surface area contributed by atoms with Crippen LogP contribution in [0, 0.1) is 0 Å². The predicted octanol–water partition coefficient (Wildman–Crippen LogP) is 2.64. The van der Waals surface area contributed by atoms with Crippen LogP contribution < -0.4 is 15.4 Å². The number of carbonyl (C=O) groups is 1. The maximum Gasteiger partial charge on any atom is 0.407 e. The van der Waals surface area contributed by atoms with Gasteiger partial charge in [-0.2, -0.15) is 0 Å². The van der Waals surface area contributed by atoms with Crippen molar-refractivity contribution in [1.82, 2.24) is 10.6 Å². The van der Waals surface area contributed by atoms with Crippen LogP contribution in [0.1, 0.15) is 39.2 Å². The number of amides is 1. The standard InChI is InChI=1S/C18H26N2O3/c1-18(2,3)23-17(21)20-14-9-13(10-14)19-11-15-8-12-6-4-5-7-16(12)22-15/h4-7,13-15,19H,8-11H2,1-3H3,(H,20,21). The predicted molar refractivity (Wildman–Crippen MR) is 88.7 cm³/mol. The molecule has 23 heavy (non-hydrogen) atoms. The molecule has 5 heteroatoms. The molecule has 0 saturated heterocycles. The summed E-state index contributed by atoms with van der Waals surface area (Å²) in [5.41, 5.74) is 0.845. The summed E-state index contributed by atoms with van der Waals surface area (Å²) in [5, 5.41) is 6.44. The van der Waals surface area contributed by atoms with Crippen LogP contribution in [0.15, 0.2) is 24.3 Å². The minimum absolute atomic E-state index is 0.212. The lowest BCUT2D eigenvalue weighted by atomic mass is 9.86. The smallest absolute Gasteiger partial charge is 0.407 e. The van der Waals surface area contributed by atoms with Crippen molar-refractivity contribution in [3.63, 3.8) is 0 Å². The lowest BCUT2D eigenvalue weighted by Gasteiger charge is -2.37. The first kappa shape index (κ1) is 16.1. The molecule has 126 valence electrons. The monoisotopic (exact) mass is 318 g/mol. The van der Waals surface area contributed by atoms with E-state index in [1.165, 1.54) is 5.56 Å². The molecule has 0 aromatic heterocycles. The first-order valence-corrected chi connectivity index (χ1v) is 8.36. The molecule has 1 aliphatic heterocycles. The van der Waals surface area contributed by atoms with Gasteiger partial charge in [0.1, 0.15) is 17.5 Å². The van der Waals surface area contributed by atoms with E-state index in [1.54, 1.807) is 0 Å². The number of benzene rings is 1. The number of rotatable bonds is 4. The highest BCUT2D eigenvalue weighted by atomic mass is 16.6. The number of fused-ring (bicyclic) bond motifs is 1. The molecule has 1 fully saturated rings. The second-order valence-corrected chi connectivity index (χ2v) is 7.47. The summed E-state index contributed by atoms with van der Waals surface area (Å²) in [6.45, 7) is 6.46. The van der Waals surface area contributed by atoms with E-state index in [0.717, 1.165) is 31.6 Å². The average Bonchev–Trinajstić information content (AvgIpc) is 2.81. The van der Waals surface area contributed by atoms with E-state index >= 15 is 0 Å². The number of alkyl carbamates (subject to hydrolysis) is 1. The summed E-state index contributed by atoms with van der Waals surface area (Å²) in [6, 6.07) is 8.87. The summed E-state index contributed by atoms with van der Waals surface area (Å²) >= 11 is 0. The van der Waals surface area contributed by atoms with Crippen LogP contribution in [0.5, 0.6) is 5.75 Å². The molecule has 1 unspecified atom stereocenters. The van der Waals surface area contributed by atoms with Crippen molar-refractivity contribution in [1.29, 1.82) is 0 Å². The zero-order valence-electron chi connectivity index (χ0n) is 14.1. The first-order valence-electron chi connectivity index (χ1n) is 8.36. The first-order chi connectivity index (χ1) is 10.9. The lowest BCUT2D eigenvalue weighted by Crippen LogP contribution is -2.54. The van der Waals surface area contributed by atoms with Crippen LogP contribution in [0.3, 0.4) is 0 Å². The van der Waals surface area contributed by atoms with E-state index in [-0.39, 0.29) is 18.2 Å². The molecule has 0 bridgehead atoms. The van der Waals surface area contributed by atoms with Crippen molar-refractivity contribution >= 4 is 6.09 Å². The molecular weight excluding hydrogens is 292 g/mol. The molecule has 1 aromatic rings. The molecular formula is C18H26N2O3. The van der Waals surface area contributed by atoms with Crippen LogP contribution in [0.25, 0.3) is 0 Å². The van der Waals surface area contributed by atoms with Crippen molar-refractivity contribution in [3.05, 3.63) is 29.8 Å². The normalized spacial score (nSPS) is 26.0. The maximum atomic E-state index is 11.7. The number of carbonyl (C=O) groups excluding carboxylic acids is 1. The Morgan fingerprint density at radius 2 is 2.00 bits per heavy atom. The van der Waals surface area contributed by atoms with Crippen molar-refractivity contribution < 1.29 is 14.3 Å². The quantitative estimate of drug-likeness (QED) is 0.896. The number of nitrogens with one attached hydrogen (secondary N) is 2. The molecule has 0 radical (unpaired) electrons. The van der Waals surface area contributed by atoms with Gasteiger partial charge in [0.05, 0.1) is 0 Å². The number of hydrogen-bond donors (Lipinski definition) is 2. The van der Waals surface area contributed by atoms with Gasteiger partial charge in [0.15, 0.2) is 0 Å². The summed E-state index contributed by atoms with van der Waals surface area (Å²) < 4.78 is 11.2. The minimum atomic E-state index is -0.444. The van der Waals surface area contributed by atoms with Crippen molar-refractivity contribution in [2.75, 3.05) is 6.54 Å². The molecule has 1 atom stereocenters. The highest BCUT2D eigenvalue weighted by Crippen LogP contribution is 2.28. The molecule has 0 spiro atoms. The molecule has 1 heterocycles. The molecule has 3 rings (SSSR count). The molecule has 2 aliphatic rings. The molecule has 1 amide bonds. The zero-order chi connectivity index (χ0) is 16.4. The highest BCUT2D eigenvalue weighted by Gasteiger charge is 2.32. The SMILES string of the molecule is CC(C)(C)OC(=O)NC1CC(NCC2Cc3ccccc3O2)C1. The fourth-order valence-electron chi connectivity index (χ4n) is 3.04. The van der Waals surface area contributed by atoms with Gasteiger partial charge in [-0.25, -0.2) is 4.79 Å². The Bertz CT molecular complexity index is 537.